The van der Waals surface area contributed by atoms with Crippen LogP contribution in [0.4, 0.5) is 33.1 Å². The maximum Gasteiger partial charge on any atom is 0.252 e. The number of anilines is 5. The van der Waals surface area contributed by atoms with Crippen LogP contribution >= 0.6 is 0 Å². The van der Waals surface area contributed by atoms with Gasteiger partial charge in [0.2, 0.25) is 0 Å². The molecule has 1 aliphatic heterocycles. The molecule has 31 heavy (non-hydrogen) atoms. The second-order valence-electron chi connectivity index (χ2n) is 7.40. The number of para-hydroxylation sites is 1. The van der Waals surface area contributed by atoms with E-state index in [1.54, 1.807) is 24.3 Å². The summed E-state index contributed by atoms with van der Waals surface area (Å²) in [5.74, 6) is -0.0457. The summed E-state index contributed by atoms with van der Waals surface area (Å²) >= 11 is 0. The van der Waals surface area contributed by atoms with Crippen LogP contribution in [0.15, 0.2) is 54.9 Å². The van der Waals surface area contributed by atoms with Crippen molar-refractivity contribution in [3.05, 3.63) is 66.2 Å². The standard InChI is InChI=1S/C22H24FN7O/c1-29-8-10-30(11-9-29)15-6-7-20(25-13-15)28-21-12-19(16(14-26-21)22(24)31)27-18-5-3-2-4-17(18)23/h2-7,12-14H,8-11H2,1H3,(H2,24,31)(H2,25,26,27,28). The number of carbonyl (C=O) groups excluding carboxylic acids is 1. The lowest BCUT2D eigenvalue weighted by atomic mass is 10.2. The van der Waals surface area contributed by atoms with Crippen LogP contribution in [0.1, 0.15) is 10.4 Å². The van der Waals surface area contributed by atoms with Crippen molar-refractivity contribution in [2.45, 2.75) is 0 Å². The smallest absolute Gasteiger partial charge is 0.252 e. The Bertz CT molecular complexity index is 1070. The van der Waals surface area contributed by atoms with Crippen molar-refractivity contribution in [3.8, 4) is 0 Å². The third-order valence-corrected chi connectivity index (χ3v) is 5.19. The average molecular weight is 421 g/mol. The van der Waals surface area contributed by atoms with Crippen molar-refractivity contribution < 1.29 is 9.18 Å². The van der Waals surface area contributed by atoms with Gasteiger partial charge in [0.1, 0.15) is 17.5 Å². The maximum absolute atomic E-state index is 14.0. The topological polar surface area (TPSA) is 99.4 Å². The molecule has 0 atom stereocenters. The lowest BCUT2D eigenvalue weighted by Crippen LogP contribution is -2.44. The van der Waals surface area contributed by atoms with Crippen LogP contribution in [0, 0.1) is 5.82 Å². The predicted molar refractivity (Wildman–Crippen MR) is 120 cm³/mol. The second kappa shape index (κ2) is 8.97. The van der Waals surface area contributed by atoms with Gasteiger partial charge in [-0.25, -0.2) is 14.4 Å². The molecule has 160 valence electrons. The molecule has 2 aromatic heterocycles. The molecule has 1 fully saturated rings. The summed E-state index contributed by atoms with van der Waals surface area (Å²) in [5, 5.41) is 6.03. The molecular formula is C22H24FN7O. The summed E-state index contributed by atoms with van der Waals surface area (Å²) < 4.78 is 14.0. The molecule has 0 unspecified atom stereocenters. The van der Waals surface area contributed by atoms with Crippen molar-refractivity contribution in [2.75, 3.05) is 48.8 Å². The van der Waals surface area contributed by atoms with Crippen LogP contribution in [-0.2, 0) is 0 Å². The van der Waals surface area contributed by atoms with Crippen molar-refractivity contribution in [3.63, 3.8) is 0 Å². The number of aromatic nitrogens is 2. The van der Waals surface area contributed by atoms with Crippen LogP contribution in [0.25, 0.3) is 0 Å². The summed E-state index contributed by atoms with van der Waals surface area (Å²) in [5.41, 5.74) is 7.26. The lowest BCUT2D eigenvalue weighted by molar-refractivity contribution is 0.100. The van der Waals surface area contributed by atoms with Crippen LogP contribution < -0.4 is 21.3 Å². The van der Waals surface area contributed by atoms with E-state index in [1.807, 2.05) is 18.3 Å². The van der Waals surface area contributed by atoms with Gasteiger partial charge in [0.25, 0.3) is 5.91 Å². The molecule has 0 saturated carbocycles. The van der Waals surface area contributed by atoms with E-state index in [2.05, 4.69) is 37.4 Å². The Morgan fingerprint density at radius 2 is 1.71 bits per heavy atom. The Kier molecular flexibility index (Phi) is 5.94. The number of nitrogens with one attached hydrogen (secondary N) is 2. The molecule has 1 aliphatic rings. The van der Waals surface area contributed by atoms with Crippen molar-refractivity contribution in [1.29, 1.82) is 0 Å². The highest BCUT2D eigenvalue weighted by Gasteiger charge is 2.15. The van der Waals surface area contributed by atoms with E-state index < -0.39 is 11.7 Å². The first-order valence-electron chi connectivity index (χ1n) is 9.97. The number of amides is 1. The van der Waals surface area contributed by atoms with Gasteiger partial charge in [0.15, 0.2) is 0 Å². The number of nitrogens with zero attached hydrogens (tertiary/aromatic N) is 4. The van der Waals surface area contributed by atoms with Crippen LogP contribution in [0.5, 0.6) is 0 Å². The summed E-state index contributed by atoms with van der Waals surface area (Å²) in [7, 11) is 2.12. The predicted octanol–water partition coefficient (Wildman–Crippen LogP) is 2.95. The summed E-state index contributed by atoms with van der Waals surface area (Å²) in [6.45, 7) is 3.97. The number of primary amides is 1. The number of piperazine rings is 1. The fourth-order valence-corrected chi connectivity index (χ4v) is 3.37. The fourth-order valence-electron chi connectivity index (χ4n) is 3.37. The van der Waals surface area contributed by atoms with E-state index in [4.69, 9.17) is 5.73 Å². The Labute approximate surface area is 179 Å². The van der Waals surface area contributed by atoms with Crippen LogP contribution in [0.2, 0.25) is 0 Å². The normalized spacial score (nSPS) is 14.3. The Morgan fingerprint density at radius 3 is 2.39 bits per heavy atom. The molecule has 4 N–H and O–H groups in total. The van der Waals surface area contributed by atoms with E-state index in [0.29, 0.717) is 17.3 Å². The highest BCUT2D eigenvalue weighted by atomic mass is 19.1. The highest BCUT2D eigenvalue weighted by molar-refractivity contribution is 5.99. The minimum atomic E-state index is -0.660. The zero-order chi connectivity index (χ0) is 21.8. The number of carbonyl (C=O) groups is 1. The van der Waals surface area contributed by atoms with E-state index in [0.717, 1.165) is 31.9 Å². The molecule has 1 aromatic carbocycles. The second-order valence-corrected chi connectivity index (χ2v) is 7.40. The van der Waals surface area contributed by atoms with Crippen molar-refractivity contribution >= 4 is 34.6 Å². The molecule has 0 bridgehead atoms. The van der Waals surface area contributed by atoms with Crippen molar-refractivity contribution in [1.82, 2.24) is 14.9 Å². The van der Waals surface area contributed by atoms with Gasteiger partial charge in [0.05, 0.1) is 28.8 Å². The Balaban J connectivity index is 1.52. The monoisotopic (exact) mass is 421 g/mol. The number of hydrogen-bond acceptors (Lipinski definition) is 7. The van der Waals surface area contributed by atoms with E-state index >= 15 is 0 Å². The lowest BCUT2D eigenvalue weighted by Gasteiger charge is -2.33. The van der Waals surface area contributed by atoms with Gasteiger partial charge in [-0.2, -0.15) is 0 Å². The third kappa shape index (κ3) is 4.89. The quantitative estimate of drug-likeness (QED) is 0.563. The number of nitrogens with two attached hydrogens (primary N) is 1. The number of rotatable bonds is 6. The van der Waals surface area contributed by atoms with Gasteiger partial charge in [-0.15, -0.1) is 0 Å². The van der Waals surface area contributed by atoms with E-state index in [1.165, 1.54) is 12.3 Å². The van der Waals surface area contributed by atoms with E-state index in [-0.39, 0.29) is 11.3 Å². The molecule has 3 aromatic rings. The first-order valence-corrected chi connectivity index (χ1v) is 9.97. The maximum atomic E-state index is 14.0. The summed E-state index contributed by atoms with van der Waals surface area (Å²) in [6, 6.07) is 11.7. The minimum absolute atomic E-state index is 0.159. The zero-order valence-corrected chi connectivity index (χ0v) is 17.2. The molecule has 3 heterocycles. The summed E-state index contributed by atoms with van der Waals surface area (Å²) in [4.78, 5) is 25.1. The molecule has 0 spiro atoms. The van der Waals surface area contributed by atoms with Gasteiger partial charge < -0.3 is 26.2 Å². The minimum Gasteiger partial charge on any atom is -0.368 e. The van der Waals surface area contributed by atoms with Gasteiger partial charge in [-0.3, -0.25) is 4.79 Å². The zero-order valence-electron chi connectivity index (χ0n) is 17.2. The molecular weight excluding hydrogens is 397 g/mol. The van der Waals surface area contributed by atoms with Crippen LogP contribution in [0.3, 0.4) is 0 Å². The fraction of sp³-hybridized carbons (Fsp3) is 0.227. The molecule has 0 aliphatic carbocycles. The van der Waals surface area contributed by atoms with Gasteiger partial charge in [-0.05, 0) is 31.3 Å². The number of halogens is 1. The first kappa shape index (κ1) is 20.5. The third-order valence-electron chi connectivity index (χ3n) is 5.19. The summed E-state index contributed by atoms with van der Waals surface area (Å²) in [6.07, 6.45) is 3.18. The molecule has 4 rings (SSSR count). The number of likely N-dealkylation sites (N-methyl/N-ethyl adjacent to an activating group) is 1. The van der Waals surface area contributed by atoms with Crippen molar-refractivity contribution in [2.24, 2.45) is 5.73 Å². The SMILES string of the molecule is CN1CCN(c2ccc(Nc3cc(Nc4ccccc4F)c(C(N)=O)cn3)nc2)CC1. The van der Waals surface area contributed by atoms with Gasteiger partial charge in [-0.1, -0.05) is 12.1 Å². The first-order chi connectivity index (χ1) is 15.0. The molecule has 8 nitrogen and oxygen atoms in total. The number of benzene rings is 1. The highest BCUT2D eigenvalue weighted by Crippen LogP contribution is 2.26. The van der Waals surface area contributed by atoms with Crippen LogP contribution in [-0.4, -0.2) is 54.0 Å². The molecule has 1 amide bonds. The van der Waals surface area contributed by atoms with Gasteiger partial charge >= 0.3 is 0 Å². The average Bonchev–Trinajstić information content (AvgIpc) is 2.76. The largest absolute Gasteiger partial charge is 0.368 e. The molecule has 0 radical (unpaired) electrons. The molecule has 9 heteroatoms. The Morgan fingerprint density at radius 1 is 0.968 bits per heavy atom. The number of pyridine rings is 2. The number of hydrogen-bond donors (Lipinski definition) is 3. The molecule has 1 saturated heterocycles. The van der Waals surface area contributed by atoms with E-state index in [9.17, 15) is 9.18 Å². The van der Waals surface area contributed by atoms with Gasteiger partial charge in [0, 0.05) is 38.4 Å². The Hall–Kier alpha value is -3.72.